The summed E-state index contributed by atoms with van der Waals surface area (Å²) in [5, 5.41) is 9.12. The molecule has 1 N–H and O–H groups in total. The molecule has 0 unspecified atom stereocenters. The first-order valence-corrected chi connectivity index (χ1v) is 3.30. The molecule has 0 aliphatic carbocycles. The van der Waals surface area contributed by atoms with Crippen LogP contribution in [0.15, 0.2) is 18.2 Å². The highest BCUT2D eigenvalue weighted by molar-refractivity contribution is 6.42. The summed E-state index contributed by atoms with van der Waals surface area (Å²) in [6, 6.07) is 4.61. The van der Waals surface area contributed by atoms with Crippen LogP contribution in [-0.4, -0.2) is 5.48 Å². The van der Waals surface area contributed by atoms with Gasteiger partial charge in [0.15, 0.2) is 4.98 Å². The van der Waals surface area contributed by atoms with Crippen LogP contribution in [0.4, 0.5) is 5.69 Å². The fourth-order valence-corrected chi connectivity index (χ4v) is 0.840. The maximum atomic E-state index is 8.28. The third-order valence-corrected chi connectivity index (χ3v) is 1.76. The minimum Gasteiger partial charge on any atom is -0.870 e. The van der Waals surface area contributed by atoms with E-state index < -0.39 is 0 Å². The highest BCUT2D eigenvalue weighted by atomic mass is 35.5. The smallest absolute Gasteiger partial charge is 0.386 e. The van der Waals surface area contributed by atoms with E-state index in [-0.39, 0.29) is 5.48 Å². The van der Waals surface area contributed by atoms with Crippen LogP contribution in [0.5, 0.6) is 0 Å². The van der Waals surface area contributed by atoms with Crippen LogP contribution in [0, 0.1) is 5.39 Å². The van der Waals surface area contributed by atoms with Crippen molar-refractivity contribution in [1.29, 1.82) is 5.39 Å². The van der Waals surface area contributed by atoms with Crippen molar-refractivity contribution in [2.45, 2.75) is 0 Å². The summed E-state index contributed by atoms with van der Waals surface area (Å²) in [5.74, 6) is 0. The Hall–Kier alpha value is -0.820. The van der Waals surface area contributed by atoms with Gasteiger partial charge in [-0.1, -0.05) is 23.2 Å². The number of benzene rings is 1. The maximum Gasteiger partial charge on any atom is 0.386 e. The van der Waals surface area contributed by atoms with Gasteiger partial charge >= 0.3 is 5.69 Å². The van der Waals surface area contributed by atoms with Crippen molar-refractivity contribution in [3.63, 3.8) is 0 Å². The summed E-state index contributed by atoms with van der Waals surface area (Å²) in [4.78, 5) is 2.93. The highest BCUT2D eigenvalue weighted by Gasteiger charge is 2.06. The van der Waals surface area contributed by atoms with Crippen molar-refractivity contribution < 1.29 is 5.48 Å². The second-order valence-corrected chi connectivity index (χ2v) is 2.51. The largest absolute Gasteiger partial charge is 0.870 e. The van der Waals surface area contributed by atoms with Gasteiger partial charge in [0.05, 0.1) is 16.1 Å². The molecule has 1 aromatic carbocycles. The standard InChI is InChI=1S/C6H3Cl2N2.H2O/c7-5-2-1-4(10-9)3-6(5)8;/h1-3H;1H2/q+1;/p-1. The molecule has 0 radical (unpaired) electrons. The van der Waals surface area contributed by atoms with Crippen LogP contribution in [0.3, 0.4) is 0 Å². The lowest BCUT2D eigenvalue weighted by Gasteiger charge is -1.87. The minimum absolute atomic E-state index is 0. The Morgan fingerprint density at radius 2 is 1.82 bits per heavy atom. The van der Waals surface area contributed by atoms with Gasteiger partial charge in [0, 0.05) is 6.07 Å². The molecule has 1 rings (SSSR count). The molecule has 0 heterocycles. The molecule has 0 aliphatic rings. The summed E-state index contributed by atoms with van der Waals surface area (Å²) >= 11 is 11.2. The topological polar surface area (TPSA) is 58.1 Å². The minimum atomic E-state index is 0. The van der Waals surface area contributed by atoms with Gasteiger partial charge in [-0.15, -0.1) is 0 Å². The zero-order chi connectivity index (χ0) is 7.56. The van der Waals surface area contributed by atoms with Gasteiger partial charge in [0.2, 0.25) is 5.39 Å². The van der Waals surface area contributed by atoms with Gasteiger partial charge in [-0.2, -0.15) is 0 Å². The highest BCUT2D eigenvalue weighted by Crippen LogP contribution is 2.26. The molecule has 0 aromatic heterocycles. The van der Waals surface area contributed by atoms with Crippen molar-refractivity contribution in [1.82, 2.24) is 0 Å². The molecule has 0 fully saturated rings. The third-order valence-electron chi connectivity index (χ3n) is 1.02. The molecule has 0 bridgehead atoms. The van der Waals surface area contributed by atoms with Crippen molar-refractivity contribution in [3.05, 3.63) is 33.2 Å². The SMILES string of the molecule is N#[N+]c1ccc(Cl)c(Cl)c1.[OH-]. The maximum absolute atomic E-state index is 8.28. The third kappa shape index (κ3) is 2.35. The van der Waals surface area contributed by atoms with Crippen LogP contribution < -0.4 is 0 Å². The van der Waals surface area contributed by atoms with Gasteiger partial charge in [-0.3, -0.25) is 0 Å². The van der Waals surface area contributed by atoms with Gasteiger partial charge < -0.3 is 5.48 Å². The molecular weight excluding hydrogens is 187 g/mol. The second-order valence-electron chi connectivity index (χ2n) is 1.70. The molecule has 58 valence electrons. The van der Waals surface area contributed by atoms with Crippen LogP contribution >= 0.6 is 23.2 Å². The molecule has 3 nitrogen and oxygen atoms in total. The Labute approximate surface area is 73.5 Å². The lowest BCUT2D eigenvalue weighted by molar-refractivity contribution is 0.824. The van der Waals surface area contributed by atoms with Gasteiger partial charge in [-0.05, 0) is 6.07 Å². The van der Waals surface area contributed by atoms with E-state index in [4.69, 9.17) is 28.6 Å². The summed E-state index contributed by atoms with van der Waals surface area (Å²) in [6.45, 7) is 0. The first kappa shape index (κ1) is 10.2. The Morgan fingerprint density at radius 3 is 2.27 bits per heavy atom. The normalized spacial score (nSPS) is 8.09. The molecule has 0 saturated heterocycles. The molecule has 0 aliphatic heterocycles. The predicted molar refractivity (Wildman–Crippen MR) is 43.1 cm³/mol. The van der Waals surface area contributed by atoms with E-state index in [9.17, 15) is 0 Å². The summed E-state index contributed by atoms with van der Waals surface area (Å²) in [5.41, 5.74) is 0.398. The van der Waals surface area contributed by atoms with Crippen LogP contribution in [0.1, 0.15) is 0 Å². The van der Waals surface area contributed by atoms with Crippen LogP contribution in [0.25, 0.3) is 4.98 Å². The first-order chi connectivity index (χ1) is 4.74. The molecule has 5 heteroatoms. The quantitative estimate of drug-likeness (QED) is 0.590. The van der Waals surface area contributed by atoms with E-state index in [1.807, 2.05) is 0 Å². The number of diazo groups is 1. The number of nitrogens with zero attached hydrogens (tertiary/aromatic N) is 2. The lowest BCUT2D eigenvalue weighted by Crippen LogP contribution is -1.65. The van der Waals surface area contributed by atoms with Crippen molar-refractivity contribution in [2.75, 3.05) is 0 Å². The average molecular weight is 191 g/mol. The Bertz CT molecular complexity index is 295. The molecule has 0 spiro atoms. The number of halogens is 2. The van der Waals surface area contributed by atoms with E-state index in [1.54, 1.807) is 12.1 Å². The zero-order valence-corrected chi connectivity index (χ0v) is 6.84. The Kier molecular flexibility index (Phi) is 3.83. The van der Waals surface area contributed by atoms with E-state index >= 15 is 0 Å². The molecule has 0 atom stereocenters. The number of rotatable bonds is 0. The fourth-order valence-electron chi connectivity index (χ4n) is 0.547. The lowest BCUT2D eigenvalue weighted by atomic mass is 10.3. The first-order valence-electron chi connectivity index (χ1n) is 2.54. The van der Waals surface area contributed by atoms with Crippen molar-refractivity contribution >= 4 is 28.9 Å². The Morgan fingerprint density at radius 1 is 1.18 bits per heavy atom. The van der Waals surface area contributed by atoms with Crippen molar-refractivity contribution in [3.8, 4) is 0 Å². The fraction of sp³-hybridized carbons (Fsp3) is 0. The summed E-state index contributed by atoms with van der Waals surface area (Å²) in [7, 11) is 0. The average Bonchev–Trinajstić information content (AvgIpc) is 1.95. The molecule has 1 aromatic rings. The van der Waals surface area contributed by atoms with Gasteiger partial charge in [0.25, 0.3) is 0 Å². The summed E-state index contributed by atoms with van der Waals surface area (Å²) < 4.78 is 0. The monoisotopic (exact) mass is 190 g/mol. The predicted octanol–water partition coefficient (Wildman–Crippen LogP) is 3.30. The van der Waals surface area contributed by atoms with E-state index in [2.05, 4.69) is 4.98 Å². The number of hydrogen-bond donors (Lipinski definition) is 0. The molecular formula is C6H4Cl2N2O. The summed E-state index contributed by atoms with van der Waals surface area (Å²) in [6.07, 6.45) is 0. The van der Waals surface area contributed by atoms with E-state index in [1.165, 1.54) is 6.07 Å². The number of hydrogen-bond acceptors (Lipinski definition) is 2. The van der Waals surface area contributed by atoms with E-state index in [0.717, 1.165) is 0 Å². The molecule has 0 amide bonds. The van der Waals surface area contributed by atoms with Gasteiger partial charge in [-0.25, -0.2) is 0 Å². The molecule has 0 saturated carbocycles. The van der Waals surface area contributed by atoms with Gasteiger partial charge in [0.1, 0.15) is 0 Å². The van der Waals surface area contributed by atoms with Crippen LogP contribution in [0.2, 0.25) is 10.0 Å². The van der Waals surface area contributed by atoms with Crippen LogP contribution in [-0.2, 0) is 0 Å². The molecule has 11 heavy (non-hydrogen) atoms. The second kappa shape index (κ2) is 4.14. The Balaban J connectivity index is 0.000001000. The zero-order valence-electron chi connectivity index (χ0n) is 5.33. The van der Waals surface area contributed by atoms with Crippen molar-refractivity contribution in [2.24, 2.45) is 0 Å². The van der Waals surface area contributed by atoms with E-state index in [0.29, 0.717) is 15.7 Å².